The Morgan fingerprint density at radius 2 is 0.723 bits per heavy atom. The van der Waals surface area contributed by atoms with Gasteiger partial charge in [-0.2, -0.15) is 0 Å². The molecule has 0 saturated heterocycles. The lowest BCUT2D eigenvalue weighted by atomic mass is 10.2. The van der Waals surface area contributed by atoms with Crippen molar-refractivity contribution >= 4 is 17.1 Å². The molecular formula is C40H58O6S. The zero-order chi connectivity index (χ0) is 34.0. The van der Waals surface area contributed by atoms with Crippen LogP contribution in [0.15, 0.2) is 87.5 Å². The van der Waals surface area contributed by atoms with Crippen LogP contribution >= 0.6 is 0 Å². The van der Waals surface area contributed by atoms with E-state index in [-0.39, 0.29) is 10.9 Å². The van der Waals surface area contributed by atoms with Crippen molar-refractivity contribution in [2.24, 2.45) is 0 Å². The maximum absolute atomic E-state index is 8.44. The van der Waals surface area contributed by atoms with Gasteiger partial charge < -0.3 is 29.2 Å². The summed E-state index contributed by atoms with van der Waals surface area (Å²) in [6.07, 6.45) is 16.7. The van der Waals surface area contributed by atoms with Crippen molar-refractivity contribution < 1.29 is 29.2 Å². The van der Waals surface area contributed by atoms with Gasteiger partial charge >= 0.3 is 0 Å². The molecule has 6 nitrogen and oxygen atoms in total. The van der Waals surface area contributed by atoms with Crippen LogP contribution < -0.4 is 19.3 Å². The molecule has 47 heavy (non-hydrogen) atoms. The van der Waals surface area contributed by atoms with Gasteiger partial charge in [0, 0.05) is 0 Å². The lowest BCUT2D eigenvalue weighted by Crippen LogP contribution is -2.17. The summed E-state index contributed by atoms with van der Waals surface area (Å²) in [5, 5.41) is 15.3. The van der Waals surface area contributed by atoms with Crippen LogP contribution in [0.5, 0.6) is 17.2 Å². The van der Waals surface area contributed by atoms with Crippen LogP contribution in [0.25, 0.3) is 0 Å². The molecule has 0 fully saturated rings. The van der Waals surface area contributed by atoms with Gasteiger partial charge in [0.1, 0.15) is 17.2 Å². The standard InChI is InChI=1S/C39H57O3S.CH2O3/c1-4-7-10-13-16-31-40-34-19-25-37(26-20-34)43(38-27-21-35(22-28-38)41-32-17-14-11-8-5-2)39-29-23-36(24-30-39)42-33-18-15-12-9-6-3;2-1(3)4/h19-30H,4-18,31-33H2,1-3H3;(H2,2,3,4)/q+1;/p-1. The number of rotatable bonds is 24. The minimum absolute atomic E-state index is 0.240. The highest BCUT2D eigenvalue weighted by Crippen LogP contribution is 2.34. The number of carboxylic acid groups (broad SMARTS) is 2. The van der Waals surface area contributed by atoms with Gasteiger partial charge in [-0.05, 0) is 92.1 Å². The van der Waals surface area contributed by atoms with Gasteiger partial charge in [-0.25, -0.2) is 0 Å². The first kappa shape index (κ1) is 39.9. The monoisotopic (exact) mass is 666 g/mol. The van der Waals surface area contributed by atoms with Crippen molar-refractivity contribution in [2.45, 2.75) is 132 Å². The summed E-state index contributed by atoms with van der Waals surface area (Å²) in [5.74, 6) is 2.86. The van der Waals surface area contributed by atoms with E-state index in [1.54, 1.807) is 0 Å². The highest BCUT2D eigenvalue weighted by Gasteiger charge is 2.29. The van der Waals surface area contributed by atoms with Crippen molar-refractivity contribution in [3.8, 4) is 17.2 Å². The van der Waals surface area contributed by atoms with E-state index in [1.807, 2.05) is 0 Å². The Labute approximate surface area is 287 Å². The predicted molar refractivity (Wildman–Crippen MR) is 192 cm³/mol. The number of hydrogen-bond acceptors (Lipinski definition) is 5. The van der Waals surface area contributed by atoms with Gasteiger partial charge in [-0.3, -0.25) is 0 Å². The Hall–Kier alpha value is -3.32. The fourth-order valence-electron chi connectivity index (χ4n) is 5.11. The summed E-state index contributed by atoms with van der Waals surface area (Å²) in [6.45, 7) is 9.12. The van der Waals surface area contributed by atoms with Crippen LogP contribution in [0.3, 0.4) is 0 Å². The van der Waals surface area contributed by atoms with Crippen LogP contribution in [0.1, 0.15) is 117 Å². The fourth-order valence-corrected chi connectivity index (χ4v) is 7.15. The molecule has 3 aromatic carbocycles. The molecule has 0 aliphatic rings. The Bertz CT molecular complexity index is 1040. The summed E-state index contributed by atoms with van der Waals surface area (Å²) in [7, 11) is -0.240. The van der Waals surface area contributed by atoms with Crippen LogP contribution in [-0.4, -0.2) is 31.1 Å². The molecule has 260 valence electrons. The van der Waals surface area contributed by atoms with Crippen molar-refractivity contribution in [1.82, 2.24) is 0 Å². The molecular weight excluding hydrogens is 609 g/mol. The van der Waals surface area contributed by atoms with Crippen LogP contribution in [0.4, 0.5) is 4.79 Å². The second-order valence-electron chi connectivity index (χ2n) is 11.8. The molecule has 3 rings (SSSR count). The zero-order valence-corrected chi connectivity index (χ0v) is 29.9. The summed E-state index contributed by atoms with van der Waals surface area (Å²) in [5.41, 5.74) is 0. The first-order chi connectivity index (χ1) is 23.0. The van der Waals surface area contributed by atoms with Crippen LogP contribution in [0.2, 0.25) is 0 Å². The molecule has 0 radical (unpaired) electrons. The number of ether oxygens (including phenoxy) is 3. The number of benzene rings is 3. The van der Waals surface area contributed by atoms with Gasteiger partial charge in [0.25, 0.3) is 0 Å². The summed E-state index contributed by atoms with van der Waals surface area (Å²) in [4.78, 5) is 12.3. The van der Waals surface area contributed by atoms with Gasteiger partial charge in [0.2, 0.25) is 6.16 Å². The van der Waals surface area contributed by atoms with Crippen molar-refractivity contribution in [3.63, 3.8) is 0 Å². The quantitative estimate of drug-likeness (QED) is 0.0756. The maximum atomic E-state index is 8.44. The Morgan fingerprint density at radius 1 is 0.489 bits per heavy atom. The first-order valence-electron chi connectivity index (χ1n) is 17.8. The third-order valence-electron chi connectivity index (χ3n) is 7.73. The topological polar surface area (TPSA) is 88.1 Å². The Morgan fingerprint density at radius 3 is 0.957 bits per heavy atom. The first-order valence-corrected chi connectivity index (χ1v) is 19.0. The van der Waals surface area contributed by atoms with E-state index in [2.05, 4.69) is 93.6 Å². The third kappa shape index (κ3) is 18.0. The number of carbonyl (C=O) groups is 1. The van der Waals surface area contributed by atoms with Gasteiger partial charge in [-0.1, -0.05) is 97.8 Å². The molecule has 0 unspecified atom stereocenters. The van der Waals surface area contributed by atoms with Crippen LogP contribution in [-0.2, 0) is 10.9 Å². The number of unbranched alkanes of at least 4 members (excludes halogenated alkanes) is 12. The van der Waals surface area contributed by atoms with E-state index in [1.165, 1.54) is 91.7 Å². The molecule has 0 bridgehead atoms. The van der Waals surface area contributed by atoms with Gasteiger partial charge in [-0.15, -0.1) is 0 Å². The molecule has 0 aliphatic heterocycles. The fraction of sp³-hybridized carbons (Fsp3) is 0.525. The Kier molecular flexibility index (Phi) is 21.8. The van der Waals surface area contributed by atoms with E-state index in [4.69, 9.17) is 29.2 Å². The van der Waals surface area contributed by atoms with E-state index in [9.17, 15) is 0 Å². The normalized spacial score (nSPS) is 10.7. The SMILES string of the molecule is CCCCCCCOc1ccc([S+](c2ccc(OCCCCCCC)cc2)c2ccc(OCCCCCCC)cc2)cc1.O=C([O-])O. The minimum Gasteiger partial charge on any atom is -0.565 e. The van der Waals surface area contributed by atoms with Crippen molar-refractivity contribution in [1.29, 1.82) is 0 Å². The maximum Gasteiger partial charge on any atom is 0.249 e. The molecule has 0 heterocycles. The van der Waals surface area contributed by atoms with E-state index in [0.717, 1.165) is 56.3 Å². The average Bonchev–Trinajstić information content (AvgIpc) is 3.08. The highest BCUT2D eigenvalue weighted by atomic mass is 32.2. The molecule has 0 atom stereocenters. The largest absolute Gasteiger partial charge is 0.565 e. The second-order valence-corrected chi connectivity index (χ2v) is 13.8. The smallest absolute Gasteiger partial charge is 0.249 e. The van der Waals surface area contributed by atoms with Crippen molar-refractivity contribution in [3.05, 3.63) is 72.8 Å². The third-order valence-corrected chi connectivity index (χ3v) is 9.96. The molecule has 0 saturated carbocycles. The minimum atomic E-state index is -2.08. The molecule has 0 aliphatic carbocycles. The summed E-state index contributed by atoms with van der Waals surface area (Å²) < 4.78 is 18.2. The van der Waals surface area contributed by atoms with Gasteiger partial charge in [0.15, 0.2) is 14.7 Å². The van der Waals surface area contributed by atoms with E-state index < -0.39 is 6.16 Å². The average molecular weight is 667 g/mol. The Balaban J connectivity index is 0.00000181. The molecule has 0 aromatic heterocycles. The summed E-state index contributed by atoms with van der Waals surface area (Å²) >= 11 is 0. The van der Waals surface area contributed by atoms with Crippen LogP contribution in [0, 0.1) is 0 Å². The molecule has 0 spiro atoms. The molecule has 0 amide bonds. The van der Waals surface area contributed by atoms with E-state index >= 15 is 0 Å². The molecule has 7 heteroatoms. The molecule has 3 aromatic rings. The molecule has 1 N–H and O–H groups in total. The number of hydrogen-bond donors (Lipinski definition) is 1. The second kappa shape index (κ2) is 25.7. The summed E-state index contributed by atoms with van der Waals surface area (Å²) in [6, 6.07) is 26.2. The lowest BCUT2D eigenvalue weighted by molar-refractivity contribution is -0.275. The predicted octanol–water partition coefficient (Wildman–Crippen LogP) is 10.7. The zero-order valence-electron chi connectivity index (χ0n) is 29.1. The van der Waals surface area contributed by atoms with E-state index in [0.29, 0.717) is 0 Å². The van der Waals surface area contributed by atoms with Gasteiger partial charge in [0.05, 0.1) is 30.7 Å². The highest BCUT2D eigenvalue weighted by molar-refractivity contribution is 7.97. The van der Waals surface area contributed by atoms with Crippen molar-refractivity contribution in [2.75, 3.05) is 19.8 Å². The lowest BCUT2D eigenvalue weighted by Gasteiger charge is -2.12.